The van der Waals surface area contributed by atoms with Gasteiger partial charge >= 0.3 is 17.9 Å². The Kier molecular flexibility index (Phi) is 7.40. The third-order valence-electron chi connectivity index (χ3n) is 3.17. The van der Waals surface area contributed by atoms with Crippen molar-refractivity contribution in [3.63, 3.8) is 0 Å². The lowest BCUT2D eigenvalue weighted by atomic mass is 9.98. The minimum Gasteiger partial charge on any atom is -0.463 e. The van der Waals surface area contributed by atoms with Gasteiger partial charge in [0.05, 0.1) is 0 Å². The molecule has 0 N–H and O–H groups in total. The first-order valence-electron chi connectivity index (χ1n) is 6.99. The Labute approximate surface area is 134 Å². The normalized spacial score (nSPS) is 30.4. The van der Waals surface area contributed by atoms with Crippen molar-refractivity contribution in [2.24, 2.45) is 0 Å². The van der Waals surface area contributed by atoms with Gasteiger partial charge in [-0.1, -0.05) is 0 Å². The molecule has 0 aromatic carbocycles. The highest BCUT2D eigenvalue weighted by Crippen LogP contribution is 2.28. The van der Waals surface area contributed by atoms with Gasteiger partial charge in [0.25, 0.3) is 0 Å². The highest BCUT2D eigenvalue weighted by Gasteiger charge is 2.50. The standard InChI is InChI=1S/C14H22O9/c1-7(15)20-6-10-11(21-8(2)16)12(18-4)13(19-5)14(23-10)22-9(3)17/h10-14H,6H2,1-5H3/t10-,11-,12+,13-,14-/m1/s1. The monoisotopic (exact) mass is 334 g/mol. The molecule has 1 heterocycles. The maximum atomic E-state index is 11.3. The van der Waals surface area contributed by atoms with Gasteiger partial charge in [-0.05, 0) is 0 Å². The molecule has 0 saturated carbocycles. The van der Waals surface area contributed by atoms with Crippen molar-refractivity contribution in [3.8, 4) is 0 Å². The first-order valence-corrected chi connectivity index (χ1v) is 6.99. The van der Waals surface area contributed by atoms with E-state index in [1.807, 2.05) is 0 Å². The SMILES string of the molecule is CO[C@@H]1[C@@H](OC)[C@H](OC(C)=O)O[C@H](COC(C)=O)[C@H]1OC(C)=O. The van der Waals surface area contributed by atoms with Gasteiger partial charge in [0.2, 0.25) is 6.29 Å². The van der Waals surface area contributed by atoms with E-state index in [0.717, 1.165) is 0 Å². The molecule has 5 atom stereocenters. The first-order chi connectivity index (χ1) is 10.8. The average Bonchev–Trinajstić information content (AvgIpc) is 2.45. The fourth-order valence-electron chi connectivity index (χ4n) is 2.32. The van der Waals surface area contributed by atoms with Crippen molar-refractivity contribution in [1.82, 2.24) is 0 Å². The van der Waals surface area contributed by atoms with E-state index in [0.29, 0.717) is 0 Å². The highest BCUT2D eigenvalue weighted by molar-refractivity contribution is 5.67. The molecule has 1 aliphatic rings. The summed E-state index contributed by atoms with van der Waals surface area (Å²) in [6.07, 6.45) is -4.45. The van der Waals surface area contributed by atoms with Crippen LogP contribution in [0.5, 0.6) is 0 Å². The van der Waals surface area contributed by atoms with Gasteiger partial charge in [-0.3, -0.25) is 14.4 Å². The number of rotatable bonds is 6. The number of ether oxygens (including phenoxy) is 6. The number of esters is 3. The van der Waals surface area contributed by atoms with Crippen molar-refractivity contribution >= 4 is 17.9 Å². The smallest absolute Gasteiger partial charge is 0.305 e. The van der Waals surface area contributed by atoms with Gasteiger partial charge in [-0.25, -0.2) is 0 Å². The molecule has 132 valence electrons. The van der Waals surface area contributed by atoms with E-state index in [-0.39, 0.29) is 6.61 Å². The predicted octanol–water partition coefficient (Wildman–Crippen LogP) is -0.201. The summed E-state index contributed by atoms with van der Waals surface area (Å²) >= 11 is 0. The number of hydrogen-bond donors (Lipinski definition) is 0. The summed E-state index contributed by atoms with van der Waals surface area (Å²) in [4.78, 5) is 33.6. The Hall–Kier alpha value is -1.71. The topological polar surface area (TPSA) is 107 Å². The zero-order chi connectivity index (χ0) is 17.6. The molecule has 0 aliphatic carbocycles. The Balaban J connectivity index is 3.03. The largest absolute Gasteiger partial charge is 0.463 e. The fraction of sp³-hybridized carbons (Fsp3) is 0.786. The molecule has 0 spiro atoms. The summed E-state index contributed by atoms with van der Waals surface area (Å²) in [5, 5.41) is 0. The van der Waals surface area contributed by atoms with Crippen LogP contribution >= 0.6 is 0 Å². The summed E-state index contributed by atoms with van der Waals surface area (Å²) in [7, 11) is 2.78. The highest BCUT2D eigenvalue weighted by atomic mass is 16.7. The lowest BCUT2D eigenvalue weighted by molar-refractivity contribution is -0.303. The number of hydrogen-bond acceptors (Lipinski definition) is 9. The molecule has 0 aromatic heterocycles. The fourth-order valence-corrected chi connectivity index (χ4v) is 2.32. The summed E-state index contributed by atoms with van der Waals surface area (Å²) in [5.41, 5.74) is 0. The van der Waals surface area contributed by atoms with Gasteiger partial charge in [-0.15, -0.1) is 0 Å². The van der Waals surface area contributed by atoms with Crippen molar-refractivity contribution in [2.75, 3.05) is 20.8 Å². The molecular formula is C14H22O9. The molecule has 0 radical (unpaired) electrons. The minimum atomic E-state index is -1.09. The summed E-state index contributed by atoms with van der Waals surface area (Å²) in [5.74, 6) is -1.67. The van der Waals surface area contributed by atoms with Crippen LogP contribution in [-0.2, 0) is 42.8 Å². The van der Waals surface area contributed by atoms with Crippen LogP contribution in [0.25, 0.3) is 0 Å². The third kappa shape index (κ3) is 5.45. The molecule has 1 rings (SSSR count). The van der Waals surface area contributed by atoms with Crippen LogP contribution in [0.1, 0.15) is 20.8 Å². The maximum absolute atomic E-state index is 11.3. The first kappa shape index (κ1) is 19.3. The van der Waals surface area contributed by atoms with E-state index in [1.54, 1.807) is 0 Å². The number of carbonyl (C=O) groups is 3. The predicted molar refractivity (Wildman–Crippen MR) is 74.2 cm³/mol. The molecule has 1 fully saturated rings. The summed E-state index contributed by atoms with van der Waals surface area (Å²) in [6, 6.07) is 0. The zero-order valence-electron chi connectivity index (χ0n) is 13.8. The number of methoxy groups -OCH3 is 2. The number of carbonyl (C=O) groups excluding carboxylic acids is 3. The van der Waals surface area contributed by atoms with Gasteiger partial charge in [0.1, 0.15) is 24.9 Å². The lowest BCUT2D eigenvalue weighted by Gasteiger charge is -2.43. The molecule has 0 aromatic rings. The van der Waals surface area contributed by atoms with Crippen LogP contribution in [0.4, 0.5) is 0 Å². The van der Waals surface area contributed by atoms with E-state index in [4.69, 9.17) is 28.4 Å². The lowest BCUT2D eigenvalue weighted by Crippen LogP contribution is -2.62. The van der Waals surface area contributed by atoms with E-state index in [9.17, 15) is 14.4 Å². The van der Waals surface area contributed by atoms with E-state index in [2.05, 4.69) is 0 Å². The van der Waals surface area contributed by atoms with Gasteiger partial charge < -0.3 is 28.4 Å². The van der Waals surface area contributed by atoms with Crippen molar-refractivity contribution in [3.05, 3.63) is 0 Å². The Morgan fingerprint density at radius 3 is 1.83 bits per heavy atom. The van der Waals surface area contributed by atoms with E-state index in [1.165, 1.54) is 35.0 Å². The van der Waals surface area contributed by atoms with Gasteiger partial charge in [0.15, 0.2) is 6.10 Å². The Morgan fingerprint density at radius 1 is 0.826 bits per heavy atom. The quantitative estimate of drug-likeness (QED) is 0.482. The van der Waals surface area contributed by atoms with Crippen molar-refractivity contribution < 1.29 is 42.8 Å². The molecule has 23 heavy (non-hydrogen) atoms. The van der Waals surface area contributed by atoms with E-state index >= 15 is 0 Å². The van der Waals surface area contributed by atoms with Crippen LogP contribution < -0.4 is 0 Å². The van der Waals surface area contributed by atoms with Gasteiger partial charge in [0, 0.05) is 35.0 Å². The molecule has 9 nitrogen and oxygen atoms in total. The Bertz CT molecular complexity index is 436. The second-order valence-corrected chi connectivity index (χ2v) is 4.93. The molecule has 1 saturated heterocycles. The average molecular weight is 334 g/mol. The maximum Gasteiger partial charge on any atom is 0.305 e. The van der Waals surface area contributed by atoms with Crippen molar-refractivity contribution in [1.29, 1.82) is 0 Å². The molecule has 1 aliphatic heterocycles. The molecule has 0 unspecified atom stereocenters. The zero-order valence-corrected chi connectivity index (χ0v) is 13.8. The van der Waals surface area contributed by atoms with E-state index < -0.39 is 48.6 Å². The second kappa shape index (κ2) is 8.80. The molecule has 9 heteroatoms. The second-order valence-electron chi connectivity index (χ2n) is 4.93. The van der Waals surface area contributed by atoms with Crippen LogP contribution in [0.3, 0.4) is 0 Å². The summed E-state index contributed by atoms with van der Waals surface area (Å²) < 4.78 is 31.4. The van der Waals surface area contributed by atoms with Crippen LogP contribution in [0, 0.1) is 0 Å². The van der Waals surface area contributed by atoms with Crippen LogP contribution in [0.2, 0.25) is 0 Å². The molecular weight excluding hydrogens is 312 g/mol. The van der Waals surface area contributed by atoms with Crippen LogP contribution in [-0.4, -0.2) is 69.4 Å². The van der Waals surface area contributed by atoms with Gasteiger partial charge in [-0.2, -0.15) is 0 Å². The molecule has 0 amide bonds. The third-order valence-corrected chi connectivity index (χ3v) is 3.17. The van der Waals surface area contributed by atoms with Crippen LogP contribution in [0.15, 0.2) is 0 Å². The summed E-state index contributed by atoms with van der Waals surface area (Å²) in [6.45, 7) is 3.49. The van der Waals surface area contributed by atoms with Crippen molar-refractivity contribution in [2.45, 2.75) is 51.5 Å². The Morgan fingerprint density at radius 2 is 1.39 bits per heavy atom. The molecule has 0 bridgehead atoms. The minimum absolute atomic E-state index is 0.193.